The van der Waals surface area contributed by atoms with Gasteiger partial charge in [-0.2, -0.15) is 0 Å². The quantitative estimate of drug-likeness (QED) is 0.104. The number of Topliss-reactive ketones (excluding diaryl/α,β-unsaturated/α-hetero) is 1. The number of hydrogen-bond donors (Lipinski definition) is 4. The van der Waals surface area contributed by atoms with E-state index >= 15 is 0 Å². The predicted molar refractivity (Wildman–Crippen MR) is 188 cm³/mol. The number of rotatable bonds is 9. The van der Waals surface area contributed by atoms with E-state index in [0.29, 0.717) is 27.8 Å². The minimum atomic E-state index is -1.69. The molecule has 0 amide bonds. The molecular weight excluding hydrogens is 684 g/mol. The van der Waals surface area contributed by atoms with Crippen LogP contribution in [0.5, 0.6) is 40.2 Å². The number of aromatic hydroxyl groups is 3. The van der Waals surface area contributed by atoms with Gasteiger partial charge in [-0.1, -0.05) is 60.7 Å². The highest BCUT2D eigenvalue weighted by molar-refractivity contribution is 6.09. The van der Waals surface area contributed by atoms with Gasteiger partial charge in [-0.15, -0.1) is 0 Å². The number of methoxy groups -OCH3 is 1. The SMILES string of the molecule is COc1cc([C@@H]2Oc3cc(C4Oc5cc(O)cc(O)c5C(=O)[C@H]4O)ccc3O[C@H]2COC(=O)[C@H](C)c2cccc(C(=O)c3ccccc3)c2)ccc1O. The summed E-state index contributed by atoms with van der Waals surface area (Å²) in [4.78, 5) is 39.5. The van der Waals surface area contributed by atoms with E-state index in [0.717, 1.165) is 6.07 Å². The minimum Gasteiger partial charge on any atom is -0.508 e. The molecule has 0 spiro atoms. The van der Waals surface area contributed by atoms with Crippen LogP contribution in [0.3, 0.4) is 0 Å². The standard InChI is InChI=1S/C41H34O12/c1-21(23-9-6-10-24(15-23)36(45)22-7-4-3-5-8-22)41(48)50-20-34-39(25-11-13-28(43)31(16-25)49-2)52-32-17-26(12-14-30(32)51-34)40-38(47)37(46)35-29(44)18-27(42)19-33(35)53-40/h3-19,21,34,38-40,42-44,47H,20H2,1-2H3/t21-,34+,38-,39+,40?/m1/s1. The van der Waals surface area contributed by atoms with Gasteiger partial charge in [-0.25, -0.2) is 0 Å². The molecule has 4 N–H and O–H groups in total. The average molecular weight is 719 g/mol. The number of carbonyl (C=O) groups is 3. The van der Waals surface area contributed by atoms with E-state index < -0.39 is 47.8 Å². The number of hydrogen-bond acceptors (Lipinski definition) is 12. The molecule has 5 atom stereocenters. The first kappa shape index (κ1) is 34.9. The van der Waals surface area contributed by atoms with Crippen molar-refractivity contribution in [3.8, 4) is 40.2 Å². The van der Waals surface area contributed by atoms with Crippen molar-refractivity contribution in [3.63, 3.8) is 0 Å². The number of aliphatic hydroxyl groups is 1. The number of esters is 1. The van der Waals surface area contributed by atoms with Gasteiger partial charge in [0.25, 0.3) is 0 Å². The van der Waals surface area contributed by atoms with Crippen molar-refractivity contribution >= 4 is 17.5 Å². The molecule has 12 heteroatoms. The van der Waals surface area contributed by atoms with Gasteiger partial charge in [0.05, 0.1) is 13.0 Å². The topological polar surface area (TPSA) is 178 Å². The van der Waals surface area contributed by atoms with E-state index in [1.807, 2.05) is 6.07 Å². The minimum absolute atomic E-state index is 0.0996. The third kappa shape index (κ3) is 6.79. The molecule has 0 fully saturated rings. The van der Waals surface area contributed by atoms with Gasteiger partial charge in [-0.05, 0) is 48.4 Å². The van der Waals surface area contributed by atoms with Crippen molar-refractivity contribution in [1.29, 1.82) is 0 Å². The Hall–Kier alpha value is -6.53. The summed E-state index contributed by atoms with van der Waals surface area (Å²) >= 11 is 0. The summed E-state index contributed by atoms with van der Waals surface area (Å²) in [6, 6.07) is 27.1. The Labute approximate surface area is 303 Å². The Bertz CT molecular complexity index is 2210. The number of benzene rings is 5. The van der Waals surface area contributed by atoms with Crippen molar-refractivity contribution in [2.45, 2.75) is 37.3 Å². The van der Waals surface area contributed by atoms with Crippen LogP contribution in [0.4, 0.5) is 0 Å². The molecule has 0 radical (unpaired) electrons. The monoisotopic (exact) mass is 718 g/mol. The summed E-state index contributed by atoms with van der Waals surface area (Å²) in [5, 5.41) is 41.4. The van der Waals surface area contributed by atoms with Gasteiger partial charge in [0.2, 0.25) is 5.78 Å². The molecule has 12 nitrogen and oxygen atoms in total. The van der Waals surface area contributed by atoms with Crippen LogP contribution in [0.25, 0.3) is 0 Å². The third-order valence-electron chi connectivity index (χ3n) is 9.25. The molecule has 270 valence electrons. The van der Waals surface area contributed by atoms with Gasteiger partial charge < -0.3 is 44.1 Å². The van der Waals surface area contributed by atoms with Crippen molar-refractivity contribution in [2.75, 3.05) is 13.7 Å². The fourth-order valence-corrected chi connectivity index (χ4v) is 6.40. The molecule has 1 unspecified atom stereocenters. The maximum Gasteiger partial charge on any atom is 0.313 e. The maximum atomic E-state index is 13.4. The van der Waals surface area contributed by atoms with Gasteiger partial charge >= 0.3 is 5.97 Å². The van der Waals surface area contributed by atoms with Crippen molar-refractivity contribution in [3.05, 3.63) is 137 Å². The van der Waals surface area contributed by atoms with Crippen molar-refractivity contribution in [1.82, 2.24) is 0 Å². The summed E-state index contributed by atoms with van der Waals surface area (Å²) in [6.45, 7) is 1.43. The van der Waals surface area contributed by atoms with Gasteiger partial charge in [0.15, 0.2) is 53.2 Å². The van der Waals surface area contributed by atoms with Crippen LogP contribution in [-0.2, 0) is 9.53 Å². The summed E-state index contributed by atoms with van der Waals surface area (Å²) in [6.07, 6.45) is -4.71. The molecule has 53 heavy (non-hydrogen) atoms. The van der Waals surface area contributed by atoms with E-state index in [-0.39, 0.29) is 52.5 Å². The first-order valence-electron chi connectivity index (χ1n) is 16.7. The average Bonchev–Trinajstić information content (AvgIpc) is 3.17. The van der Waals surface area contributed by atoms with Crippen LogP contribution in [-0.4, -0.2) is 63.9 Å². The lowest BCUT2D eigenvalue weighted by Crippen LogP contribution is -2.38. The second-order valence-corrected chi connectivity index (χ2v) is 12.7. The highest BCUT2D eigenvalue weighted by Crippen LogP contribution is 2.46. The predicted octanol–water partition coefficient (Wildman–Crippen LogP) is 5.95. The first-order chi connectivity index (χ1) is 25.5. The number of phenolic OH excluding ortho intramolecular Hbond substituents is 3. The zero-order chi connectivity index (χ0) is 37.4. The lowest BCUT2D eigenvalue weighted by Gasteiger charge is -2.35. The van der Waals surface area contributed by atoms with Gasteiger partial charge in [0.1, 0.15) is 29.4 Å². The molecule has 5 aromatic carbocycles. The Morgan fingerprint density at radius 2 is 1.45 bits per heavy atom. The number of fused-ring (bicyclic) bond motifs is 2. The van der Waals surface area contributed by atoms with E-state index in [9.17, 15) is 34.8 Å². The molecule has 0 aliphatic carbocycles. The van der Waals surface area contributed by atoms with Gasteiger partial charge in [0, 0.05) is 28.8 Å². The van der Waals surface area contributed by atoms with Crippen LogP contribution >= 0.6 is 0 Å². The number of phenols is 3. The summed E-state index contributed by atoms with van der Waals surface area (Å²) in [5.41, 5.74) is 2.15. The second kappa shape index (κ2) is 14.2. The Balaban J connectivity index is 1.13. The largest absolute Gasteiger partial charge is 0.508 e. The lowest BCUT2D eigenvalue weighted by molar-refractivity contribution is -0.150. The van der Waals surface area contributed by atoms with E-state index in [1.165, 1.54) is 25.3 Å². The third-order valence-corrected chi connectivity index (χ3v) is 9.25. The second-order valence-electron chi connectivity index (χ2n) is 12.7. The highest BCUT2D eigenvalue weighted by atomic mass is 16.6. The highest BCUT2D eigenvalue weighted by Gasteiger charge is 2.41. The van der Waals surface area contributed by atoms with Crippen molar-refractivity contribution in [2.24, 2.45) is 0 Å². The van der Waals surface area contributed by atoms with E-state index in [4.69, 9.17) is 23.7 Å². The molecule has 0 aromatic heterocycles. The molecular formula is C41H34O12. The lowest BCUT2D eigenvalue weighted by atomic mass is 9.92. The molecule has 0 bridgehead atoms. The molecule has 5 aromatic rings. The van der Waals surface area contributed by atoms with Crippen LogP contribution in [0, 0.1) is 0 Å². The number of ether oxygens (including phenoxy) is 5. The fourth-order valence-electron chi connectivity index (χ4n) is 6.40. The molecule has 2 aliphatic rings. The maximum absolute atomic E-state index is 13.4. The fraction of sp³-hybridized carbons (Fsp3) is 0.195. The van der Waals surface area contributed by atoms with Crippen LogP contribution in [0.15, 0.2) is 103 Å². The van der Waals surface area contributed by atoms with Crippen molar-refractivity contribution < 1.29 is 58.5 Å². The summed E-state index contributed by atoms with van der Waals surface area (Å²) in [7, 11) is 1.40. The Morgan fingerprint density at radius 3 is 2.23 bits per heavy atom. The molecule has 2 aliphatic heterocycles. The van der Waals surface area contributed by atoms with E-state index in [1.54, 1.807) is 79.7 Å². The van der Waals surface area contributed by atoms with Crippen LogP contribution < -0.4 is 18.9 Å². The zero-order valence-electron chi connectivity index (χ0n) is 28.5. The van der Waals surface area contributed by atoms with Crippen LogP contribution in [0.2, 0.25) is 0 Å². The smallest absolute Gasteiger partial charge is 0.313 e. The molecule has 0 saturated carbocycles. The number of ketones is 2. The number of aliphatic hydroxyl groups excluding tert-OH is 1. The number of carbonyl (C=O) groups excluding carboxylic acids is 3. The summed E-state index contributed by atoms with van der Waals surface area (Å²) < 4.78 is 29.8. The molecule has 7 rings (SSSR count). The van der Waals surface area contributed by atoms with Crippen LogP contribution in [0.1, 0.15) is 68.0 Å². The Kier molecular flexibility index (Phi) is 9.38. The molecule has 0 saturated heterocycles. The Morgan fingerprint density at radius 1 is 0.736 bits per heavy atom. The first-order valence-corrected chi connectivity index (χ1v) is 16.7. The van der Waals surface area contributed by atoms with Gasteiger partial charge in [-0.3, -0.25) is 14.4 Å². The molecule has 2 heterocycles. The normalized spacial score (nSPS) is 19.3. The summed E-state index contributed by atoms with van der Waals surface area (Å²) in [5.74, 6) is -2.66. The van der Waals surface area contributed by atoms with E-state index in [2.05, 4.69) is 0 Å². The zero-order valence-corrected chi connectivity index (χ0v) is 28.5.